The monoisotopic (exact) mass is 158 g/mol. The van der Waals surface area contributed by atoms with Crippen molar-refractivity contribution in [2.75, 3.05) is 0 Å². The largest absolute Gasteiger partial charge is 0.465 e. The predicted molar refractivity (Wildman–Crippen MR) is 44.4 cm³/mol. The molecule has 0 heterocycles. The Morgan fingerprint density at radius 2 is 2.09 bits per heavy atom. The molecule has 0 aromatic carbocycles. The first-order valence-electron chi connectivity index (χ1n) is 3.85. The molecule has 0 bridgehead atoms. The molecule has 1 radical (unpaired) electrons. The Hall–Kier alpha value is -0.730. The van der Waals surface area contributed by atoms with Crippen LogP contribution in [-0.2, 0) is 0 Å². The van der Waals surface area contributed by atoms with Gasteiger partial charge in [-0.25, -0.2) is 4.79 Å². The lowest BCUT2D eigenvalue weighted by Crippen LogP contribution is -2.31. The van der Waals surface area contributed by atoms with Crippen LogP contribution in [0.4, 0.5) is 4.79 Å². The van der Waals surface area contributed by atoms with Gasteiger partial charge in [-0.3, -0.25) is 0 Å². The third kappa shape index (κ3) is 7.16. The minimum atomic E-state index is -0.950. The van der Waals surface area contributed by atoms with Crippen LogP contribution in [0.5, 0.6) is 0 Å². The molecule has 2 unspecified atom stereocenters. The van der Waals surface area contributed by atoms with E-state index in [1.807, 2.05) is 13.8 Å². The third-order valence-electron chi connectivity index (χ3n) is 1.46. The van der Waals surface area contributed by atoms with E-state index < -0.39 is 6.09 Å². The van der Waals surface area contributed by atoms with E-state index >= 15 is 0 Å². The average molecular weight is 158 g/mol. The summed E-state index contributed by atoms with van der Waals surface area (Å²) in [7, 11) is 0. The Bertz CT molecular complexity index is 123. The zero-order valence-corrected chi connectivity index (χ0v) is 7.13. The summed E-state index contributed by atoms with van der Waals surface area (Å²) in [5.41, 5.74) is 0. The molecule has 2 atom stereocenters. The Balaban J connectivity index is 3.37. The van der Waals surface area contributed by atoms with Gasteiger partial charge in [0, 0.05) is 6.04 Å². The molecular weight excluding hydrogens is 142 g/mol. The van der Waals surface area contributed by atoms with Crippen molar-refractivity contribution in [3.63, 3.8) is 0 Å². The molecule has 2 N–H and O–H groups in total. The van der Waals surface area contributed by atoms with E-state index in [4.69, 9.17) is 5.11 Å². The van der Waals surface area contributed by atoms with Gasteiger partial charge in [0.2, 0.25) is 0 Å². The molecule has 0 aliphatic rings. The van der Waals surface area contributed by atoms with Crippen molar-refractivity contribution in [2.45, 2.75) is 32.7 Å². The molecule has 3 nitrogen and oxygen atoms in total. The van der Waals surface area contributed by atoms with Gasteiger partial charge in [-0.2, -0.15) is 0 Å². The molecule has 0 spiro atoms. The fraction of sp³-hybridized carbons (Fsp3) is 0.750. The summed E-state index contributed by atoms with van der Waals surface area (Å²) in [6.45, 7) is 7.69. The van der Waals surface area contributed by atoms with Crippen LogP contribution in [0.3, 0.4) is 0 Å². The maximum Gasteiger partial charge on any atom is 0.404 e. The molecule has 0 rings (SSSR count). The molecular formula is C8H16NO2. The standard InChI is InChI=1S/C8H16NO2/c1-6(2)4-5-7(3)9-8(10)11/h6-7,9H,1,4-5H2,2-3H3,(H,10,11). The lowest BCUT2D eigenvalue weighted by molar-refractivity contribution is 0.189. The second-order valence-electron chi connectivity index (χ2n) is 3.03. The predicted octanol–water partition coefficient (Wildman–Crippen LogP) is 1.89. The van der Waals surface area contributed by atoms with Crippen LogP contribution in [0.15, 0.2) is 0 Å². The molecule has 1 amide bonds. The summed E-state index contributed by atoms with van der Waals surface area (Å²) >= 11 is 0. The van der Waals surface area contributed by atoms with Crippen molar-refractivity contribution in [3.05, 3.63) is 6.92 Å². The molecule has 0 saturated heterocycles. The second kappa shape index (κ2) is 4.99. The minimum Gasteiger partial charge on any atom is -0.465 e. The summed E-state index contributed by atoms with van der Waals surface area (Å²) in [6, 6.07) is 0.0386. The molecule has 11 heavy (non-hydrogen) atoms. The number of carboxylic acid groups (broad SMARTS) is 1. The average Bonchev–Trinajstić information content (AvgIpc) is 1.82. The minimum absolute atomic E-state index is 0.0386. The zero-order chi connectivity index (χ0) is 8.85. The fourth-order valence-corrected chi connectivity index (χ4v) is 0.817. The van der Waals surface area contributed by atoms with Crippen LogP contribution in [0, 0.1) is 12.8 Å². The number of hydrogen-bond acceptors (Lipinski definition) is 1. The molecule has 0 fully saturated rings. The van der Waals surface area contributed by atoms with Gasteiger partial charge >= 0.3 is 6.09 Å². The van der Waals surface area contributed by atoms with Crippen LogP contribution in [0.2, 0.25) is 0 Å². The number of amides is 1. The van der Waals surface area contributed by atoms with Crippen LogP contribution in [-0.4, -0.2) is 17.2 Å². The highest BCUT2D eigenvalue weighted by molar-refractivity contribution is 5.64. The van der Waals surface area contributed by atoms with Crippen LogP contribution in [0.25, 0.3) is 0 Å². The highest BCUT2D eigenvalue weighted by Gasteiger charge is 2.05. The van der Waals surface area contributed by atoms with Crippen LogP contribution in [0.1, 0.15) is 26.7 Å². The van der Waals surface area contributed by atoms with Gasteiger partial charge in [0.15, 0.2) is 0 Å². The van der Waals surface area contributed by atoms with Gasteiger partial charge < -0.3 is 10.4 Å². The van der Waals surface area contributed by atoms with Gasteiger partial charge in [-0.15, -0.1) is 0 Å². The molecule has 0 aromatic heterocycles. The first-order valence-corrected chi connectivity index (χ1v) is 3.85. The first-order chi connectivity index (χ1) is 5.02. The van der Waals surface area contributed by atoms with Crippen LogP contribution < -0.4 is 5.32 Å². The summed E-state index contributed by atoms with van der Waals surface area (Å²) < 4.78 is 0. The quantitative estimate of drug-likeness (QED) is 0.656. The normalized spacial score (nSPS) is 13.1. The lowest BCUT2D eigenvalue weighted by Gasteiger charge is -2.11. The Kier molecular flexibility index (Phi) is 4.66. The maximum absolute atomic E-state index is 10.1. The Morgan fingerprint density at radius 3 is 2.45 bits per heavy atom. The Morgan fingerprint density at radius 1 is 1.55 bits per heavy atom. The van der Waals surface area contributed by atoms with Gasteiger partial charge in [-0.05, 0) is 25.7 Å². The van der Waals surface area contributed by atoms with Gasteiger partial charge in [0.05, 0.1) is 0 Å². The zero-order valence-electron chi connectivity index (χ0n) is 7.13. The highest BCUT2D eigenvalue weighted by Crippen LogP contribution is 2.05. The molecule has 3 heteroatoms. The molecule has 0 saturated carbocycles. The van der Waals surface area contributed by atoms with Gasteiger partial charge in [0.25, 0.3) is 0 Å². The Labute approximate surface area is 67.8 Å². The molecule has 0 aliphatic heterocycles. The van der Waals surface area contributed by atoms with Crippen molar-refractivity contribution in [2.24, 2.45) is 5.92 Å². The van der Waals surface area contributed by atoms with Gasteiger partial charge in [-0.1, -0.05) is 13.8 Å². The van der Waals surface area contributed by atoms with E-state index in [-0.39, 0.29) is 6.04 Å². The topological polar surface area (TPSA) is 49.3 Å². The van der Waals surface area contributed by atoms with Crippen molar-refractivity contribution >= 4 is 6.09 Å². The van der Waals surface area contributed by atoms with E-state index in [1.165, 1.54) is 0 Å². The fourth-order valence-electron chi connectivity index (χ4n) is 0.817. The lowest BCUT2D eigenvalue weighted by atomic mass is 10.0. The van der Waals surface area contributed by atoms with E-state index in [9.17, 15) is 4.79 Å². The summed E-state index contributed by atoms with van der Waals surface area (Å²) in [5, 5.41) is 10.7. The van der Waals surface area contributed by atoms with Crippen LogP contribution >= 0.6 is 0 Å². The first kappa shape index (κ1) is 10.3. The van der Waals surface area contributed by atoms with E-state index in [0.717, 1.165) is 12.8 Å². The number of nitrogens with one attached hydrogen (secondary N) is 1. The second-order valence-corrected chi connectivity index (χ2v) is 3.03. The molecule has 0 aliphatic carbocycles. The molecule has 0 aromatic rings. The number of hydrogen-bond donors (Lipinski definition) is 2. The van der Waals surface area contributed by atoms with E-state index in [0.29, 0.717) is 5.92 Å². The third-order valence-corrected chi connectivity index (χ3v) is 1.46. The number of carbonyl (C=O) groups is 1. The summed E-state index contributed by atoms with van der Waals surface area (Å²) in [5.74, 6) is 0.396. The highest BCUT2D eigenvalue weighted by atomic mass is 16.4. The summed E-state index contributed by atoms with van der Waals surface area (Å²) in [4.78, 5) is 10.1. The van der Waals surface area contributed by atoms with Crippen molar-refractivity contribution in [1.82, 2.24) is 5.32 Å². The van der Waals surface area contributed by atoms with Crippen molar-refractivity contribution in [1.29, 1.82) is 0 Å². The van der Waals surface area contributed by atoms with Gasteiger partial charge in [0.1, 0.15) is 0 Å². The smallest absolute Gasteiger partial charge is 0.404 e. The van der Waals surface area contributed by atoms with Crippen molar-refractivity contribution in [3.8, 4) is 0 Å². The number of rotatable bonds is 4. The summed E-state index contributed by atoms with van der Waals surface area (Å²) in [6.07, 6.45) is 0.868. The maximum atomic E-state index is 10.1. The SMILES string of the molecule is [CH2]C(C)CCC(C)NC(=O)O. The molecule has 65 valence electrons. The van der Waals surface area contributed by atoms with E-state index in [2.05, 4.69) is 12.2 Å². The van der Waals surface area contributed by atoms with E-state index in [1.54, 1.807) is 0 Å². The van der Waals surface area contributed by atoms with Crippen molar-refractivity contribution < 1.29 is 9.90 Å².